The highest BCUT2D eigenvalue weighted by Gasteiger charge is 2.34. The number of alkyl halides is 3. The molecule has 0 bridgehead atoms. The summed E-state index contributed by atoms with van der Waals surface area (Å²) in [4.78, 5) is 22.4. The van der Waals surface area contributed by atoms with Crippen molar-refractivity contribution in [2.75, 3.05) is 6.26 Å². The Hall–Kier alpha value is -2.69. The molecule has 1 aromatic heterocycles. The summed E-state index contributed by atoms with van der Waals surface area (Å²) >= 11 is 0. The van der Waals surface area contributed by atoms with E-state index in [1.165, 1.54) is 0 Å². The zero-order chi connectivity index (χ0) is 18.3. The number of hydrogen-bond acceptors (Lipinski definition) is 6. The molecule has 1 N–H and O–H groups in total. The third kappa shape index (κ3) is 3.30. The third-order valence-corrected chi connectivity index (χ3v) is 4.11. The van der Waals surface area contributed by atoms with Crippen molar-refractivity contribution < 1.29 is 40.8 Å². The van der Waals surface area contributed by atoms with Gasteiger partial charge in [-0.05, 0) is 18.2 Å². The van der Waals surface area contributed by atoms with Gasteiger partial charge in [0.05, 0.1) is 16.0 Å². The van der Waals surface area contributed by atoms with Crippen LogP contribution >= 0.6 is 0 Å². The Morgan fingerprint density at radius 3 is 2.33 bits per heavy atom. The summed E-state index contributed by atoms with van der Waals surface area (Å²) in [6, 6.07) is 1.51. The van der Waals surface area contributed by atoms with Gasteiger partial charge in [-0.3, -0.25) is 4.79 Å². The number of nitrogens with zero attached hydrogens (tertiary/aromatic N) is 1. The van der Waals surface area contributed by atoms with E-state index in [-0.39, 0.29) is 0 Å². The Kier molecular flexibility index (Phi) is 4.23. The number of sulfone groups is 1. The molecule has 0 unspecified atom stereocenters. The minimum Gasteiger partial charge on any atom is -0.476 e. The topological polar surface area (TPSA) is 115 Å². The summed E-state index contributed by atoms with van der Waals surface area (Å²) in [6.07, 6.45) is -3.51. The molecule has 24 heavy (non-hydrogen) atoms. The fourth-order valence-electron chi connectivity index (χ4n) is 1.89. The molecule has 0 aliphatic heterocycles. The first-order valence-electron chi connectivity index (χ1n) is 6.06. The molecule has 0 saturated heterocycles. The van der Waals surface area contributed by atoms with Crippen molar-refractivity contribution >= 4 is 21.6 Å². The number of rotatable bonds is 4. The van der Waals surface area contributed by atoms with E-state index in [1.807, 2.05) is 0 Å². The van der Waals surface area contributed by atoms with Gasteiger partial charge in [-0.1, -0.05) is 5.16 Å². The number of carbonyl (C=O) groups excluding carboxylic acids is 1. The van der Waals surface area contributed by atoms with Gasteiger partial charge >= 0.3 is 12.1 Å². The number of halogens is 3. The van der Waals surface area contributed by atoms with E-state index in [2.05, 4.69) is 9.68 Å². The first-order valence-corrected chi connectivity index (χ1v) is 7.95. The van der Waals surface area contributed by atoms with Gasteiger partial charge in [0.15, 0.2) is 15.6 Å². The number of benzene rings is 1. The molecule has 0 radical (unpaired) electrons. The monoisotopic (exact) mass is 363 g/mol. The molecular weight excluding hydrogens is 355 g/mol. The molecular formula is C13H8F3NO6S. The highest BCUT2D eigenvalue weighted by atomic mass is 32.2. The molecule has 2 rings (SSSR count). The van der Waals surface area contributed by atoms with Crippen molar-refractivity contribution in [3.63, 3.8) is 0 Å². The summed E-state index contributed by atoms with van der Waals surface area (Å²) in [5.41, 5.74) is -3.23. The second kappa shape index (κ2) is 5.74. The molecule has 2 aromatic rings. The summed E-state index contributed by atoms with van der Waals surface area (Å²) in [6.45, 7) is 0. The van der Waals surface area contributed by atoms with E-state index in [1.54, 1.807) is 0 Å². The number of carboxylic acids is 1. The predicted octanol–water partition coefficient (Wildman–Crippen LogP) is 2.03. The number of hydrogen-bond donors (Lipinski definition) is 1. The molecule has 0 aliphatic carbocycles. The van der Waals surface area contributed by atoms with Crippen LogP contribution in [0.2, 0.25) is 0 Å². The van der Waals surface area contributed by atoms with Crippen LogP contribution in [0.1, 0.15) is 32.0 Å². The van der Waals surface area contributed by atoms with E-state index < -0.39 is 55.0 Å². The van der Waals surface area contributed by atoms with Crippen molar-refractivity contribution in [1.82, 2.24) is 5.16 Å². The molecule has 0 atom stereocenters. The molecule has 0 saturated carbocycles. The number of carbonyl (C=O) groups is 2. The van der Waals surface area contributed by atoms with E-state index in [4.69, 9.17) is 5.11 Å². The highest BCUT2D eigenvalue weighted by Crippen LogP contribution is 2.32. The average molecular weight is 363 g/mol. The lowest BCUT2D eigenvalue weighted by Gasteiger charge is -2.11. The molecule has 0 amide bonds. The minimum atomic E-state index is -4.82. The molecule has 0 spiro atoms. The molecule has 0 fully saturated rings. The van der Waals surface area contributed by atoms with Gasteiger partial charge in [-0.2, -0.15) is 13.2 Å². The second-order valence-electron chi connectivity index (χ2n) is 4.69. The zero-order valence-corrected chi connectivity index (χ0v) is 12.6. The molecule has 0 aliphatic rings. The van der Waals surface area contributed by atoms with Gasteiger partial charge in [0, 0.05) is 11.8 Å². The summed E-state index contributed by atoms with van der Waals surface area (Å²) < 4.78 is 66.1. The van der Waals surface area contributed by atoms with E-state index >= 15 is 0 Å². The first kappa shape index (κ1) is 17.7. The number of aromatic nitrogens is 1. The first-order chi connectivity index (χ1) is 10.9. The lowest BCUT2D eigenvalue weighted by Crippen LogP contribution is -2.14. The molecule has 128 valence electrons. The number of carboxylic acid groups (broad SMARTS) is 1. The van der Waals surface area contributed by atoms with Crippen LogP contribution < -0.4 is 0 Å². The van der Waals surface area contributed by atoms with Crippen LogP contribution in [0.15, 0.2) is 33.9 Å². The van der Waals surface area contributed by atoms with Crippen LogP contribution in [0.3, 0.4) is 0 Å². The lowest BCUT2D eigenvalue weighted by molar-refractivity contribution is -0.137. The fraction of sp³-hybridized carbons (Fsp3) is 0.154. The third-order valence-electron chi connectivity index (χ3n) is 2.97. The molecule has 7 nitrogen and oxygen atoms in total. The fourth-order valence-corrected chi connectivity index (χ4v) is 2.79. The quantitative estimate of drug-likeness (QED) is 0.827. The van der Waals surface area contributed by atoms with Crippen molar-refractivity contribution in [2.24, 2.45) is 0 Å². The van der Waals surface area contributed by atoms with Crippen LogP contribution in [0, 0.1) is 0 Å². The SMILES string of the molecule is CS(=O)(=O)c1cc(C(F)(F)F)ccc1C(=O)c1conc1C(=O)O. The predicted molar refractivity (Wildman–Crippen MR) is 71.4 cm³/mol. The highest BCUT2D eigenvalue weighted by molar-refractivity contribution is 7.90. The van der Waals surface area contributed by atoms with Gasteiger partial charge < -0.3 is 9.63 Å². The number of ketones is 1. The maximum absolute atomic E-state index is 12.7. The van der Waals surface area contributed by atoms with Gasteiger partial charge in [0.2, 0.25) is 5.69 Å². The van der Waals surface area contributed by atoms with Crippen LogP contribution in [-0.2, 0) is 16.0 Å². The second-order valence-corrected chi connectivity index (χ2v) is 6.68. The van der Waals surface area contributed by atoms with Crippen molar-refractivity contribution in [2.45, 2.75) is 11.1 Å². The van der Waals surface area contributed by atoms with Crippen LogP contribution in [0.5, 0.6) is 0 Å². The van der Waals surface area contributed by atoms with Crippen molar-refractivity contribution in [3.05, 3.63) is 46.8 Å². The largest absolute Gasteiger partial charge is 0.476 e. The van der Waals surface area contributed by atoms with Crippen molar-refractivity contribution in [1.29, 1.82) is 0 Å². The lowest BCUT2D eigenvalue weighted by atomic mass is 10.0. The van der Waals surface area contributed by atoms with Gasteiger partial charge in [-0.25, -0.2) is 13.2 Å². The maximum Gasteiger partial charge on any atom is 0.416 e. The van der Waals surface area contributed by atoms with Gasteiger partial charge in [0.1, 0.15) is 6.26 Å². The molecule has 1 heterocycles. The Bertz CT molecular complexity index is 929. The van der Waals surface area contributed by atoms with Gasteiger partial charge in [-0.15, -0.1) is 0 Å². The zero-order valence-electron chi connectivity index (χ0n) is 11.8. The maximum atomic E-state index is 12.7. The molecule has 11 heteroatoms. The standard InChI is InChI=1S/C13H8F3NO6S/c1-24(21,22)9-4-6(13(14,15)16)2-3-7(9)11(18)8-5-23-17-10(8)12(19)20/h2-5H,1H3,(H,19,20). The summed E-state index contributed by atoms with van der Waals surface area (Å²) in [5.74, 6) is -2.75. The van der Waals surface area contributed by atoms with E-state index in [0.29, 0.717) is 30.7 Å². The average Bonchev–Trinajstić information content (AvgIpc) is 2.93. The smallest absolute Gasteiger partial charge is 0.416 e. The Balaban J connectivity index is 2.68. The van der Waals surface area contributed by atoms with E-state index in [0.717, 1.165) is 0 Å². The van der Waals surface area contributed by atoms with Crippen LogP contribution in [-0.4, -0.2) is 36.7 Å². The normalized spacial score (nSPS) is 12.2. The Morgan fingerprint density at radius 2 is 1.83 bits per heavy atom. The van der Waals surface area contributed by atoms with Crippen molar-refractivity contribution in [3.8, 4) is 0 Å². The Morgan fingerprint density at radius 1 is 1.21 bits per heavy atom. The minimum absolute atomic E-state index is 0.316. The van der Waals surface area contributed by atoms with Gasteiger partial charge in [0.25, 0.3) is 0 Å². The van der Waals surface area contributed by atoms with Crippen LogP contribution in [0.4, 0.5) is 13.2 Å². The van der Waals surface area contributed by atoms with Crippen LogP contribution in [0.25, 0.3) is 0 Å². The Labute approximate surface area is 132 Å². The summed E-state index contributed by atoms with van der Waals surface area (Å²) in [7, 11) is -4.20. The molecule has 1 aromatic carbocycles. The number of aromatic carboxylic acids is 1. The summed E-state index contributed by atoms with van der Waals surface area (Å²) in [5, 5.41) is 12.0. The van der Waals surface area contributed by atoms with E-state index in [9.17, 15) is 31.2 Å².